The van der Waals surface area contributed by atoms with Crippen LogP contribution in [0.25, 0.3) is 0 Å². The molecule has 94 valence electrons. The first-order chi connectivity index (χ1) is 7.99. The van der Waals surface area contributed by atoms with Crippen molar-refractivity contribution in [2.45, 2.75) is 25.4 Å². The van der Waals surface area contributed by atoms with Gasteiger partial charge in [0.05, 0.1) is 16.4 Å². The van der Waals surface area contributed by atoms with Gasteiger partial charge >= 0.3 is 5.97 Å². The standard InChI is InChI=1S/C10H13BrN2O3S/c11-8-3-1-6(17-8)5-13-10(16)7(12)2-4-9(14)15/h1,3,7H,2,4-5,12H2,(H,13,16)(H,14,15). The van der Waals surface area contributed by atoms with Crippen molar-refractivity contribution in [1.29, 1.82) is 0 Å². The summed E-state index contributed by atoms with van der Waals surface area (Å²) in [6, 6.07) is 3.03. The predicted octanol–water partition coefficient (Wildman–Crippen LogP) is 1.32. The number of nitrogens with two attached hydrogens (primary N) is 1. The monoisotopic (exact) mass is 320 g/mol. The molecule has 1 amide bonds. The predicted molar refractivity (Wildman–Crippen MR) is 68.7 cm³/mol. The fourth-order valence-electron chi connectivity index (χ4n) is 1.16. The quantitative estimate of drug-likeness (QED) is 0.737. The summed E-state index contributed by atoms with van der Waals surface area (Å²) in [6.07, 6.45) is 0.0500. The van der Waals surface area contributed by atoms with Crippen LogP contribution in [-0.4, -0.2) is 23.0 Å². The van der Waals surface area contributed by atoms with Crippen LogP contribution in [0.15, 0.2) is 15.9 Å². The van der Waals surface area contributed by atoms with Crippen molar-refractivity contribution in [1.82, 2.24) is 5.32 Å². The second kappa shape index (κ2) is 6.73. The molecule has 7 heteroatoms. The lowest BCUT2D eigenvalue weighted by Gasteiger charge is -2.10. The molecule has 5 nitrogen and oxygen atoms in total. The van der Waals surface area contributed by atoms with Crippen LogP contribution in [0.4, 0.5) is 0 Å². The molecule has 17 heavy (non-hydrogen) atoms. The molecule has 4 N–H and O–H groups in total. The Hall–Kier alpha value is -0.920. The molecule has 0 aliphatic heterocycles. The molecule has 0 fully saturated rings. The minimum absolute atomic E-state index is 0.0981. The minimum Gasteiger partial charge on any atom is -0.481 e. The number of thiophene rings is 1. The number of amides is 1. The Morgan fingerprint density at radius 2 is 2.24 bits per heavy atom. The smallest absolute Gasteiger partial charge is 0.303 e. The summed E-state index contributed by atoms with van der Waals surface area (Å²) in [6.45, 7) is 0.413. The number of carboxylic acid groups (broad SMARTS) is 1. The number of rotatable bonds is 6. The van der Waals surface area contributed by atoms with Gasteiger partial charge in [0.25, 0.3) is 0 Å². The first-order valence-corrected chi connectivity index (χ1v) is 6.59. The third kappa shape index (κ3) is 5.29. The first-order valence-electron chi connectivity index (χ1n) is 4.98. The lowest BCUT2D eigenvalue weighted by molar-refractivity contribution is -0.137. The fourth-order valence-corrected chi connectivity index (χ4v) is 2.59. The maximum absolute atomic E-state index is 11.5. The highest BCUT2D eigenvalue weighted by Gasteiger charge is 2.14. The molecule has 1 atom stereocenters. The van der Waals surface area contributed by atoms with Crippen molar-refractivity contribution < 1.29 is 14.7 Å². The summed E-state index contributed by atoms with van der Waals surface area (Å²) in [5.74, 6) is -1.27. The van der Waals surface area contributed by atoms with Crippen molar-refractivity contribution in [2.24, 2.45) is 5.73 Å². The Morgan fingerprint density at radius 1 is 1.53 bits per heavy atom. The molecular formula is C10H13BrN2O3S. The van der Waals surface area contributed by atoms with Gasteiger partial charge in [-0.2, -0.15) is 0 Å². The zero-order valence-corrected chi connectivity index (χ0v) is 11.4. The lowest BCUT2D eigenvalue weighted by Crippen LogP contribution is -2.40. The molecule has 0 aliphatic rings. The summed E-state index contributed by atoms with van der Waals surface area (Å²) < 4.78 is 0.997. The van der Waals surface area contributed by atoms with Crippen LogP contribution in [0.5, 0.6) is 0 Å². The van der Waals surface area contributed by atoms with E-state index in [1.165, 1.54) is 11.3 Å². The van der Waals surface area contributed by atoms with E-state index < -0.39 is 12.0 Å². The summed E-state index contributed by atoms with van der Waals surface area (Å²) in [7, 11) is 0. The van der Waals surface area contributed by atoms with Gasteiger partial charge in [-0.1, -0.05) is 0 Å². The molecule has 0 saturated carbocycles. The first kappa shape index (κ1) is 14.1. The molecule has 1 heterocycles. The van der Waals surface area contributed by atoms with Crippen LogP contribution < -0.4 is 11.1 Å². The van der Waals surface area contributed by atoms with Gasteiger partial charge in [0, 0.05) is 11.3 Å². The topological polar surface area (TPSA) is 92.4 Å². The SMILES string of the molecule is NC(CCC(=O)O)C(=O)NCc1ccc(Br)s1. The van der Waals surface area contributed by atoms with Gasteiger partial charge in [-0.05, 0) is 34.5 Å². The van der Waals surface area contributed by atoms with Crippen LogP contribution in [0.1, 0.15) is 17.7 Å². The minimum atomic E-state index is -0.949. The third-order valence-corrected chi connectivity index (χ3v) is 3.70. The summed E-state index contributed by atoms with van der Waals surface area (Å²) in [4.78, 5) is 22.8. The Morgan fingerprint density at radius 3 is 2.76 bits per heavy atom. The second-order valence-electron chi connectivity index (χ2n) is 3.46. The molecule has 0 radical (unpaired) electrons. The number of hydrogen-bond donors (Lipinski definition) is 3. The molecule has 1 unspecified atom stereocenters. The van der Waals surface area contributed by atoms with Gasteiger partial charge in [0.2, 0.25) is 5.91 Å². The number of hydrogen-bond acceptors (Lipinski definition) is 4. The van der Waals surface area contributed by atoms with E-state index in [-0.39, 0.29) is 18.7 Å². The summed E-state index contributed by atoms with van der Waals surface area (Å²) in [5.41, 5.74) is 5.55. The molecule has 0 spiro atoms. The van der Waals surface area contributed by atoms with Gasteiger partial charge in [-0.25, -0.2) is 0 Å². The Balaban J connectivity index is 2.31. The highest BCUT2D eigenvalue weighted by atomic mass is 79.9. The largest absolute Gasteiger partial charge is 0.481 e. The second-order valence-corrected chi connectivity index (χ2v) is 6.01. The number of carbonyl (C=O) groups is 2. The maximum atomic E-state index is 11.5. The fraction of sp³-hybridized carbons (Fsp3) is 0.400. The van der Waals surface area contributed by atoms with E-state index >= 15 is 0 Å². The van der Waals surface area contributed by atoms with Gasteiger partial charge in [0.1, 0.15) is 0 Å². The molecule has 0 saturated heterocycles. The Bertz CT molecular complexity index is 408. The molecule has 0 aromatic carbocycles. The lowest BCUT2D eigenvalue weighted by atomic mass is 10.1. The van der Waals surface area contributed by atoms with Crippen molar-refractivity contribution in [3.63, 3.8) is 0 Å². The maximum Gasteiger partial charge on any atom is 0.303 e. The number of halogens is 1. The Kier molecular flexibility index (Phi) is 5.60. The van der Waals surface area contributed by atoms with Crippen molar-refractivity contribution >= 4 is 39.1 Å². The third-order valence-electron chi connectivity index (χ3n) is 2.07. The van der Waals surface area contributed by atoms with Crippen LogP contribution in [-0.2, 0) is 16.1 Å². The summed E-state index contributed by atoms with van der Waals surface area (Å²) >= 11 is 4.85. The van der Waals surface area contributed by atoms with E-state index in [9.17, 15) is 9.59 Å². The van der Waals surface area contributed by atoms with E-state index in [2.05, 4.69) is 21.2 Å². The van der Waals surface area contributed by atoms with E-state index in [0.29, 0.717) is 6.54 Å². The Labute approximate surface area is 111 Å². The zero-order chi connectivity index (χ0) is 12.8. The number of carboxylic acids is 1. The molecule has 1 aromatic heterocycles. The number of carbonyl (C=O) groups excluding carboxylic acids is 1. The highest BCUT2D eigenvalue weighted by Crippen LogP contribution is 2.21. The van der Waals surface area contributed by atoms with Crippen LogP contribution in [0, 0.1) is 0 Å². The summed E-state index contributed by atoms with van der Waals surface area (Å²) in [5, 5.41) is 11.1. The molecular weight excluding hydrogens is 308 g/mol. The van der Waals surface area contributed by atoms with Crippen LogP contribution >= 0.6 is 27.3 Å². The van der Waals surface area contributed by atoms with Crippen molar-refractivity contribution in [2.75, 3.05) is 0 Å². The van der Waals surface area contributed by atoms with Crippen LogP contribution in [0.2, 0.25) is 0 Å². The van der Waals surface area contributed by atoms with Crippen molar-refractivity contribution in [3.8, 4) is 0 Å². The van der Waals surface area contributed by atoms with E-state index in [1.807, 2.05) is 12.1 Å². The van der Waals surface area contributed by atoms with E-state index in [0.717, 1.165) is 8.66 Å². The normalized spacial score (nSPS) is 12.1. The molecule has 1 aromatic rings. The van der Waals surface area contributed by atoms with Crippen molar-refractivity contribution in [3.05, 3.63) is 20.8 Å². The van der Waals surface area contributed by atoms with Gasteiger partial charge in [-0.3, -0.25) is 9.59 Å². The van der Waals surface area contributed by atoms with E-state index in [4.69, 9.17) is 10.8 Å². The zero-order valence-electron chi connectivity index (χ0n) is 8.98. The molecule has 1 rings (SSSR count). The molecule has 0 bridgehead atoms. The van der Waals surface area contributed by atoms with E-state index in [1.54, 1.807) is 0 Å². The van der Waals surface area contributed by atoms with Gasteiger partial charge in [0.15, 0.2) is 0 Å². The number of aliphatic carboxylic acids is 1. The van der Waals surface area contributed by atoms with Gasteiger partial charge in [-0.15, -0.1) is 11.3 Å². The number of nitrogens with one attached hydrogen (secondary N) is 1. The van der Waals surface area contributed by atoms with Crippen LogP contribution in [0.3, 0.4) is 0 Å². The average molecular weight is 321 g/mol. The average Bonchev–Trinajstić information content (AvgIpc) is 2.68. The van der Waals surface area contributed by atoms with Gasteiger partial charge < -0.3 is 16.2 Å². The molecule has 0 aliphatic carbocycles. The highest BCUT2D eigenvalue weighted by molar-refractivity contribution is 9.11.